The van der Waals surface area contributed by atoms with Gasteiger partial charge in [0.15, 0.2) is 0 Å². The van der Waals surface area contributed by atoms with Crippen molar-refractivity contribution < 1.29 is 7.58 Å². The minimum atomic E-state index is -1.44. The minimum absolute atomic E-state index is 0.0148. The smallest absolute Gasteiger partial charge is 0.614 e. The molecule has 5 heteroatoms. The fourth-order valence-corrected chi connectivity index (χ4v) is 6.67. The summed E-state index contributed by atoms with van der Waals surface area (Å²) in [7, 11) is 0. The average Bonchev–Trinajstić information content (AvgIpc) is 2.85. The first kappa shape index (κ1) is 31.8. The fourth-order valence-electron chi connectivity index (χ4n) is 5.74. The second kappa shape index (κ2) is 11.5. The molecular weight excluding hydrogens is 519 g/mol. The molecule has 0 radical (unpaired) electrons. The molecule has 2 unspecified atom stereocenters. The molecule has 0 spiro atoms. The molecule has 2 aromatic carbocycles. The third-order valence-electron chi connectivity index (χ3n) is 8.49. The molecule has 2 aromatic rings. The molecule has 4 rings (SSSR count). The van der Waals surface area contributed by atoms with Gasteiger partial charge in [0.2, 0.25) is 0 Å². The summed E-state index contributed by atoms with van der Waals surface area (Å²) in [6.07, 6.45) is 8.68. The zero-order chi connectivity index (χ0) is 30.4. The van der Waals surface area contributed by atoms with Gasteiger partial charge in [0.25, 0.3) is 0 Å². The van der Waals surface area contributed by atoms with E-state index < -0.39 is 15.9 Å². The summed E-state index contributed by atoms with van der Waals surface area (Å²) >= 11 is -1.44. The van der Waals surface area contributed by atoms with Gasteiger partial charge >= 0.3 is 15.9 Å². The van der Waals surface area contributed by atoms with E-state index in [2.05, 4.69) is 120 Å². The summed E-state index contributed by atoms with van der Waals surface area (Å²) in [5.41, 5.74) is 7.01. The molecule has 4 nitrogen and oxygen atoms in total. The van der Waals surface area contributed by atoms with Gasteiger partial charge < -0.3 is 7.58 Å². The molecule has 41 heavy (non-hydrogen) atoms. The van der Waals surface area contributed by atoms with Crippen LogP contribution in [0.5, 0.6) is 11.5 Å². The first-order valence-corrected chi connectivity index (χ1v) is 16.7. The van der Waals surface area contributed by atoms with E-state index >= 15 is 0 Å². The van der Waals surface area contributed by atoms with Crippen molar-refractivity contribution in [2.45, 2.75) is 143 Å². The van der Waals surface area contributed by atoms with Crippen LogP contribution in [0, 0.1) is 0 Å². The normalized spacial score (nSPS) is 20.2. The van der Waals surface area contributed by atoms with E-state index in [0.29, 0.717) is 0 Å². The van der Waals surface area contributed by atoms with Crippen molar-refractivity contribution in [3.05, 3.63) is 57.6 Å². The van der Waals surface area contributed by atoms with Crippen molar-refractivity contribution in [2.75, 3.05) is 0 Å². The standard InChI is InChI=1S/C36H54N2O2.Al.H/c1-33(2,3)25-17-23(31(39)27(19-25)35(7,8)9)21-37-29-15-13-14-16-30(29)38-22-24-18-26(34(4,5)6)20-28(32(24)40)36(10,11)12;;/h17-22,29-30,39-40H,13-16H2,1-12H3;;/q;+2;/p-2. The van der Waals surface area contributed by atoms with Gasteiger partial charge in [-0.15, -0.1) is 0 Å². The lowest BCUT2D eigenvalue weighted by Gasteiger charge is -2.30. The number of nitrogens with zero attached hydrogens (tertiary/aromatic N) is 2. The zero-order valence-electron chi connectivity index (χ0n) is 27.9. The van der Waals surface area contributed by atoms with Crippen molar-refractivity contribution in [1.29, 1.82) is 0 Å². The molecule has 0 aromatic heterocycles. The maximum atomic E-state index is 6.77. The van der Waals surface area contributed by atoms with Crippen molar-refractivity contribution in [3.8, 4) is 11.5 Å². The van der Waals surface area contributed by atoms with Gasteiger partial charge in [0.1, 0.15) is 0 Å². The van der Waals surface area contributed by atoms with Gasteiger partial charge in [-0.1, -0.05) is 108 Å². The van der Waals surface area contributed by atoms with Crippen molar-refractivity contribution in [2.24, 2.45) is 9.98 Å². The van der Waals surface area contributed by atoms with E-state index in [1.807, 2.05) is 0 Å². The summed E-state index contributed by atoms with van der Waals surface area (Å²) in [5, 5.41) is 0. The quantitative estimate of drug-likeness (QED) is 0.296. The monoisotopic (exact) mass is 572 g/mol. The van der Waals surface area contributed by atoms with Gasteiger partial charge in [-0.05, 0) is 68.9 Å². The van der Waals surface area contributed by atoms with Gasteiger partial charge in [-0.25, -0.2) is 0 Å². The molecule has 1 fully saturated rings. The van der Waals surface area contributed by atoms with Crippen LogP contribution >= 0.6 is 0 Å². The maximum Gasteiger partial charge on any atom is 0.832 e. The Hall–Kier alpha value is -2.09. The van der Waals surface area contributed by atoms with E-state index in [4.69, 9.17) is 17.6 Å². The van der Waals surface area contributed by atoms with Crippen LogP contribution in [0.15, 0.2) is 34.3 Å². The highest BCUT2D eigenvalue weighted by molar-refractivity contribution is 6.21. The molecule has 0 saturated heterocycles. The van der Waals surface area contributed by atoms with Crippen molar-refractivity contribution in [1.82, 2.24) is 0 Å². The lowest BCUT2D eigenvalue weighted by atomic mass is 9.79. The van der Waals surface area contributed by atoms with Gasteiger partial charge in [-0.3, -0.25) is 9.98 Å². The van der Waals surface area contributed by atoms with Crippen LogP contribution in [0.25, 0.3) is 0 Å². The van der Waals surface area contributed by atoms with E-state index in [-0.39, 0.29) is 33.7 Å². The Morgan fingerprint density at radius 2 is 0.927 bits per heavy atom. The van der Waals surface area contributed by atoms with Gasteiger partial charge in [0, 0.05) is 23.6 Å². The Balaban J connectivity index is 1.95. The molecule has 1 aliphatic heterocycles. The molecule has 1 saturated carbocycles. The van der Waals surface area contributed by atoms with Crippen molar-refractivity contribution >= 4 is 28.3 Å². The molecule has 2 atom stereocenters. The Kier molecular flexibility index (Phi) is 8.96. The highest BCUT2D eigenvalue weighted by Crippen LogP contribution is 2.40. The lowest BCUT2D eigenvalue weighted by molar-refractivity contribution is 0.390. The van der Waals surface area contributed by atoms with Crippen LogP contribution in [-0.2, 0) is 21.7 Å². The lowest BCUT2D eigenvalue weighted by Crippen LogP contribution is -2.27. The first-order chi connectivity index (χ1) is 18.9. The van der Waals surface area contributed by atoms with E-state index in [1.54, 1.807) is 0 Å². The minimum Gasteiger partial charge on any atom is -0.614 e. The molecule has 0 amide bonds. The topological polar surface area (TPSA) is 43.2 Å². The fraction of sp³-hybridized carbons (Fsp3) is 0.611. The molecular formula is C36H53AlN2O2. The third kappa shape index (κ3) is 7.47. The van der Waals surface area contributed by atoms with Crippen LogP contribution < -0.4 is 7.58 Å². The Morgan fingerprint density at radius 3 is 1.24 bits per heavy atom. The van der Waals surface area contributed by atoms with Crippen LogP contribution in [0.3, 0.4) is 0 Å². The molecule has 222 valence electrons. The number of hydrogen-bond acceptors (Lipinski definition) is 4. The van der Waals surface area contributed by atoms with Crippen LogP contribution in [-0.4, -0.2) is 40.4 Å². The van der Waals surface area contributed by atoms with Crippen LogP contribution in [0.4, 0.5) is 0 Å². The molecule has 0 N–H and O–H groups in total. The molecule has 1 heterocycles. The number of aliphatic imine (C=N–C) groups is 2. The number of fused-ring (bicyclic) bond motifs is 3. The Labute approximate surface area is 256 Å². The van der Waals surface area contributed by atoms with Crippen LogP contribution in [0.2, 0.25) is 0 Å². The molecule has 0 bridgehead atoms. The number of benzene rings is 2. The van der Waals surface area contributed by atoms with Gasteiger partial charge in [0.05, 0.1) is 23.6 Å². The highest BCUT2D eigenvalue weighted by atomic mass is 27.2. The summed E-state index contributed by atoms with van der Waals surface area (Å²) < 4.78 is 13.5. The SMILES string of the molecule is CC(C)(C)c1cc2c(c(C(C)(C)C)c1)[O][AlH][O]c1c(cc(C(C)(C)C)cc1C(C)(C)C)C=NC1CCCCC1N=C2. The van der Waals surface area contributed by atoms with Crippen molar-refractivity contribution in [3.63, 3.8) is 0 Å². The molecule has 1 aliphatic carbocycles. The number of rotatable bonds is 0. The Bertz CT molecular complexity index is 1210. The zero-order valence-corrected chi connectivity index (χ0v) is 29.3. The van der Waals surface area contributed by atoms with E-state index in [0.717, 1.165) is 35.5 Å². The summed E-state index contributed by atoms with van der Waals surface area (Å²) in [5.74, 6) is 1.86. The second-order valence-corrected chi connectivity index (χ2v) is 17.1. The second-order valence-electron chi connectivity index (χ2n) is 16.3. The largest absolute Gasteiger partial charge is 0.832 e. The summed E-state index contributed by atoms with van der Waals surface area (Å²) in [4.78, 5) is 10.4. The predicted molar refractivity (Wildman–Crippen MR) is 177 cm³/mol. The van der Waals surface area contributed by atoms with Crippen LogP contribution in [0.1, 0.15) is 142 Å². The first-order valence-electron chi connectivity index (χ1n) is 15.6. The highest BCUT2D eigenvalue weighted by Gasteiger charge is 2.30. The average molecular weight is 573 g/mol. The van der Waals surface area contributed by atoms with Gasteiger partial charge in [-0.2, -0.15) is 0 Å². The predicted octanol–water partition coefficient (Wildman–Crippen LogP) is 8.76. The number of hydrogen-bond donors (Lipinski definition) is 0. The van der Waals surface area contributed by atoms with E-state index in [9.17, 15) is 0 Å². The third-order valence-corrected chi connectivity index (χ3v) is 9.31. The summed E-state index contributed by atoms with van der Waals surface area (Å²) in [6, 6.07) is 9.59. The maximum absolute atomic E-state index is 6.77. The Morgan fingerprint density at radius 1 is 0.561 bits per heavy atom. The summed E-state index contributed by atoms with van der Waals surface area (Å²) in [6.45, 7) is 27.3. The van der Waals surface area contributed by atoms with E-state index in [1.165, 1.54) is 35.1 Å². The molecule has 2 aliphatic rings.